The number of thiophene rings is 1. The fourth-order valence-corrected chi connectivity index (χ4v) is 4.19. The van der Waals surface area contributed by atoms with E-state index in [2.05, 4.69) is 10.2 Å². The number of halogens is 1. The van der Waals surface area contributed by atoms with E-state index in [4.69, 9.17) is 11.6 Å². The summed E-state index contributed by atoms with van der Waals surface area (Å²) < 4.78 is 2.73. The van der Waals surface area contributed by atoms with Crippen molar-refractivity contribution in [1.82, 2.24) is 14.8 Å². The van der Waals surface area contributed by atoms with E-state index < -0.39 is 0 Å². The summed E-state index contributed by atoms with van der Waals surface area (Å²) in [4.78, 5) is 11.4. The Morgan fingerprint density at radius 1 is 1.33 bits per heavy atom. The predicted molar refractivity (Wildman–Crippen MR) is 96.7 cm³/mol. The monoisotopic (exact) mass is 380 g/mol. The lowest BCUT2D eigenvalue weighted by Gasteiger charge is -2.06. The Hall–Kier alpha value is -1.90. The fourth-order valence-electron chi connectivity index (χ4n) is 2.20. The number of hydrogen-bond donors (Lipinski definition) is 0. The summed E-state index contributed by atoms with van der Waals surface area (Å²) >= 11 is 8.96. The van der Waals surface area contributed by atoms with Crippen LogP contribution in [0.15, 0.2) is 41.6 Å². The first kappa shape index (κ1) is 16.9. The lowest BCUT2D eigenvalue weighted by molar-refractivity contribution is -0.384. The van der Waals surface area contributed by atoms with E-state index in [-0.39, 0.29) is 10.6 Å². The Morgan fingerprint density at radius 3 is 2.83 bits per heavy atom. The number of nitrogens with zero attached hydrogens (tertiary/aromatic N) is 4. The van der Waals surface area contributed by atoms with E-state index in [9.17, 15) is 10.1 Å². The SMILES string of the molecule is CCn1c(SCc2cccc([N+](=O)[O-])c2)nnc1-c1ccc(Cl)s1. The minimum atomic E-state index is -0.388. The maximum atomic E-state index is 10.9. The first-order valence-corrected chi connectivity index (χ1v) is 9.31. The molecule has 0 unspecified atom stereocenters. The first-order valence-electron chi connectivity index (χ1n) is 7.13. The highest BCUT2D eigenvalue weighted by atomic mass is 35.5. The van der Waals surface area contributed by atoms with Crippen molar-refractivity contribution >= 4 is 40.4 Å². The lowest BCUT2D eigenvalue weighted by atomic mass is 10.2. The van der Waals surface area contributed by atoms with Gasteiger partial charge in [-0.05, 0) is 24.6 Å². The Morgan fingerprint density at radius 2 is 2.17 bits per heavy atom. The highest BCUT2D eigenvalue weighted by Gasteiger charge is 2.15. The third kappa shape index (κ3) is 3.61. The number of nitro benzene ring substituents is 1. The van der Waals surface area contributed by atoms with Crippen LogP contribution in [0, 0.1) is 10.1 Å². The van der Waals surface area contributed by atoms with E-state index in [1.165, 1.54) is 29.2 Å². The Labute approximate surface area is 151 Å². The maximum Gasteiger partial charge on any atom is 0.269 e. The molecule has 2 heterocycles. The molecule has 0 fully saturated rings. The van der Waals surface area contributed by atoms with Gasteiger partial charge in [0.25, 0.3) is 5.69 Å². The molecule has 24 heavy (non-hydrogen) atoms. The molecule has 0 amide bonds. The molecule has 0 saturated carbocycles. The second-order valence-electron chi connectivity index (χ2n) is 4.87. The number of benzene rings is 1. The number of thioether (sulfide) groups is 1. The molecule has 0 radical (unpaired) electrons. The molecule has 0 aliphatic heterocycles. The normalized spacial score (nSPS) is 10.9. The zero-order valence-electron chi connectivity index (χ0n) is 12.7. The van der Waals surface area contributed by atoms with Crippen LogP contribution in [0.1, 0.15) is 12.5 Å². The van der Waals surface area contributed by atoms with Crippen molar-refractivity contribution < 1.29 is 4.92 Å². The van der Waals surface area contributed by atoms with Crippen molar-refractivity contribution in [3.63, 3.8) is 0 Å². The van der Waals surface area contributed by atoms with Crippen LogP contribution in [0.2, 0.25) is 4.34 Å². The average molecular weight is 381 g/mol. The molecular formula is C15H13ClN4O2S2. The summed E-state index contributed by atoms with van der Waals surface area (Å²) in [6.07, 6.45) is 0. The zero-order chi connectivity index (χ0) is 17.1. The van der Waals surface area contributed by atoms with Gasteiger partial charge in [0.1, 0.15) is 0 Å². The van der Waals surface area contributed by atoms with Gasteiger partial charge in [0, 0.05) is 24.4 Å². The lowest BCUT2D eigenvalue weighted by Crippen LogP contribution is -1.99. The average Bonchev–Trinajstić information content (AvgIpc) is 3.18. The largest absolute Gasteiger partial charge is 0.302 e. The van der Waals surface area contributed by atoms with Crippen LogP contribution >= 0.6 is 34.7 Å². The molecule has 0 saturated heterocycles. The van der Waals surface area contributed by atoms with Gasteiger partial charge in [-0.15, -0.1) is 21.5 Å². The minimum Gasteiger partial charge on any atom is -0.302 e. The van der Waals surface area contributed by atoms with Crippen molar-refractivity contribution in [3.8, 4) is 10.7 Å². The summed E-state index contributed by atoms with van der Waals surface area (Å²) in [6.45, 7) is 2.76. The smallest absolute Gasteiger partial charge is 0.269 e. The van der Waals surface area contributed by atoms with Crippen LogP contribution in [0.3, 0.4) is 0 Å². The van der Waals surface area contributed by atoms with Gasteiger partial charge in [0.05, 0.1) is 14.1 Å². The van der Waals surface area contributed by atoms with Gasteiger partial charge < -0.3 is 4.57 Å². The maximum absolute atomic E-state index is 10.9. The van der Waals surface area contributed by atoms with Gasteiger partial charge in [-0.2, -0.15) is 0 Å². The zero-order valence-corrected chi connectivity index (χ0v) is 15.1. The fraction of sp³-hybridized carbons (Fsp3) is 0.200. The van der Waals surface area contributed by atoms with Crippen molar-refractivity contribution in [2.24, 2.45) is 0 Å². The van der Waals surface area contributed by atoms with Crippen LogP contribution in [-0.2, 0) is 12.3 Å². The highest BCUT2D eigenvalue weighted by molar-refractivity contribution is 7.98. The molecule has 9 heteroatoms. The summed E-state index contributed by atoms with van der Waals surface area (Å²) in [5, 5.41) is 20.1. The van der Waals surface area contributed by atoms with Gasteiger partial charge in [-0.25, -0.2) is 0 Å². The van der Waals surface area contributed by atoms with Crippen LogP contribution in [0.5, 0.6) is 0 Å². The van der Waals surface area contributed by atoms with Gasteiger partial charge in [0.15, 0.2) is 11.0 Å². The molecule has 3 aromatic rings. The Balaban J connectivity index is 1.80. The second-order valence-corrected chi connectivity index (χ2v) is 7.53. The Kier molecular flexibility index (Phi) is 5.17. The van der Waals surface area contributed by atoms with Crippen LogP contribution in [0.4, 0.5) is 5.69 Å². The van der Waals surface area contributed by atoms with Gasteiger partial charge in [-0.3, -0.25) is 10.1 Å². The molecule has 0 spiro atoms. The number of aromatic nitrogens is 3. The van der Waals surface area contributed by atoms with E-state index in [0.717, 1.165) is 28.0 Å². The summed E-state index contributed by atoms with van der Waals surface area (Å²) in [5.41, 5.74) is 0.972. The predicted octanol–water partition coefficient (Wildman–Crippen LogP) is 4.88. The van der Waals surface area contributed by atoms with Gasteiger partial charge in [-0.1, -0.05) is 35.5 Å². The molecular weight excluding hydrogens is 368 g/mol. The molecule has 0 atom stereocenters. The van der Waals surface area contributed by atoms with Crippen molar-refractivity contribution in [2.45, 2.75) is 24.4 Å². The third-order valence-corrected chi connectivity index (χ3v) is 5.58. The molecule has 0 aliphatic rings. The molecule has 0 aliphatic carbocycles. The van der Waals surface area contributed by atoms with Gasteiger partial charge in [0.2, 0.25) is 0 Å². The molecule has 2 aromatic heterocycles. The van der Waals surface area contributed by atoms with Gasteiger partial charge >= 0.3 is 0 Å². The molecule has 0 N–H and O–H groups in total. The topological polar surface area (TPSA) is 73.8 Å². The van der Waals surface area contributed by atoms with E-state index in [1.54, 1.807) is 12.1 Å². The molecule has 3 rings (SSSR count). The number of rotatable bonds is 6. The van der Waals surface area contributed by atoms with Crippen LogP contribution < -0.4 is 0 Å². The minimum absolute atomic E-state index is 0.0963. The molecule has 1 aromatic carbocycles. The van der Waals surface area contributed by atoms with Crippen molar-refractivity contribution in [3.05, 3.63) is 56.4 Å². The van der Waals surface area contributed by atoms with E-state index >= 15 is 0 Å². The van der Waals surface area contributed by atoms with Crippen molar-refractivity contribution in [1.29, 1.82) is 0 Å². The number of non-ortho nitro benzene ring substituents is 1. The standard InChI is InChI=1S/C15H13ClN4O2S2/c1-2-19-14(12-6-7-13(16)24-12)17-18-15(19)23-9-10-4-3-5-11(8-10)20(21)22/h3-8H,2,9H2,1H3. The summed E-state index contributed by atoms with van der Waals surface area (Å²) in [5.74, 6) is 1.38. The Bertz CT molecular complexity index is 878. The summed E-state index contributed by atoms with van der Waals surface area (Å²) in [6, 6.07) is 10.4. The van der Waals surface area contributed by atoms with E-state index in [0.29, 0.717) is 10.1 Å². The molecule has 6 nitrogen and oxygen atoms in total. The highest BCUT2D eigenvalue weighted by Crippen LogP contribution is 2.32. The van der Waals surface area contributed by atoms with Crippen LogP contribution in [-0.4, -0.2) is 19.7 Å². The van der Waals surface area contributed by atoms with E-state index in [1.807, 2.05) is 29.7 Å². The molecule has 124 valence electrons. The van der Waals surface area contributed by atoms with Crippen LogP contribution in [0.25, 0.3) is 10.7 Å². The number of nitro groups is 1. The van der Waals surface area contributed by atoms with Crippen molar-refractivity contribution in [2.75, 3.05) is 0 Å². The first-order chi connectivity index (χ1) is 11.6. The third-order valence-electron chi connectivity index (χ3n) is 3.32. The summed E-state index contributed by atoms with van der Waals surface area (Å²) in [7, 11) is 0. The number of hydrogen-bond acceptors (Lipinski definition) is 6. The molecule has 0 bridgehead atoms. The quantitative estimate of drug-likeness (QED) is 0.346. The second kappa shape index (κ2) is 7.33.